The highest BCUT2D eigenvalue weighted by atomic mass is 79.9. The summed E-state index contributed by atoms with van der Waals surface area (Å²) in [6.45, 7) is 6.06. The van der Waals surface area contributed by atoms with Crippen molar-refractivity contribution in [1.29, 1.82) is 0 Å². The zero-order valence-corrected chi connectivity index (χ0v) is 12.8. The molecule has 2 rings (SSSR count). The number of rotatable bonds is 2. The fourth-order valence-electron chi connectivity index (χ4n) is 1.80. The normalized spacial score (nSPS) is 10.3. The van der Waals surface area contributed by atoms with E-state index in [0.717, 1.165) is 21.3 Å². The van der Waals surface area contributed by atoms with Gasteiger partial charge in [0.1, 0.15) is 0 Å². The Morgan fingerprint density at radius 3 is 2.37 bits per heavy atom. The van der Waals surface area contributed by atoms with Crippen molar-refractivity contribution in [2.24, 2.45) is 0 Å². The van der Waals surface area contributed by atoms with Crippen LogP contribution < -0.4 is 5.32 Å². The number of benzene rings is 2. The predicted octanol–water partition coefficient (Wildman–Crippen LogP) is 4.63. The van der Waals surface area contributed by atoms with Gasteiger partial charge in [-0.15, -0.1) is 0 Å². The van der Waals surface area contributed by atoms with Crippen LogP contribution in [-0.2, 0) is 0 Å². The van der Waals surface area contributed by atoms with Gasteiger partial charge in [-0.2, -0.15) is 0 Å². The molecule has 0 aromatic heterocycles. The van der Waals surface area contributed by atoms with Crippen molar-refractivity contribution >= 4 is 27.5 Å². The van der Waals surface area contributed by atoms with Crippen molar-refractivity contribution < 1.29 is 4.79 Å². The molecule has 0 atom stereocenters. The van der Waals surface area contributed by atoms with Gasteiger partial charge in [0.15, 0.2) is 0 Å². The summed E-state index contributed by atoms with van der Waals surface area (Å²) in [6, 6.07) is 11.6. The minimum Gasteiger partial charge on any atom is -0.321 e. The van der Waals surface area contributed by atoms with Crippen LogP contribution in [0.3, 0.4) is 0 Å². The first kappa shape index (κ1) is 13.8. The van der Waals surface area contributed by atoms with E-state index in [9.17, 15) is 4.79 Å². The second kappa shape index (κ2) is 5.57. The topological polar surface area (TPSA) is 29.1 Å². The predicted molar refractivity (Wildman–Crippen MR) is 82.7 cm³/mol. The van der Waals surface area contributed by atoms with Crippen LogP contribution in [0.1, 0.15) is 27.0 Å². The molecule has 2 aromatic rings. The Kier molecular flexibility index (Phi) is 4.05. The quantitative estimate of drug-likeness (QED) is 0.859. The minimum absolute atomic E-state index is 0.0901. The zero-order valence-electron chi connectivity index (χ0n) is 11.3. The number of nitrogens with one attached hydrogen (secondary N) is 1. The Bertz CT molecular complexity index is 635. The summed E-state index contributed by atoms with van der Waals surface area (Å²) in [6.07, 6.45) is 0. The lowest BCUT2D eigenvalue weighted by atomic mass is 10.1. The molecule has 0 fully saturated rings. The van der Waals surface area contributed by atoms with Crippen LogP contribution >= 0.6 is 15.9 Å². The third kappa shape index (κ3) is 3.24. The van der Waals surface area contributed by atoms with Gasteiger partial charge in [-0.05, 0) is 77.7 Å². The standard InChI is InChI=1S/C16H16BrNO/c1-10-4-7-15(14(17)8-10)18-16(19)13-6-5-11(2)12(3)9-13/h4-9H,1-3H3,(H,18,19). The number of amides is 1. The van der Waals surface area contributed by atoms with Gasteiger partial charge in [-0.25, -0.2) is 0 Å². The molecule has 2 nitrogen and oxygen atoms in total. The largest absolute Gasteiger partial charge is 0.321 e. The molecule has 1 amide bonds. The Morgan fingerprint density at radius 2 is 1.74 bits per heavy atom. The smallest absolute Gasteiger partial charge is 0.255 e. The lowest BCUT2D eigenvalue weighted by Crippen LogP contribution is -2.12. The number of hydrogen-bond donors (Lipinski definition) is 1. The maximum atomic E-state index is 12.2. The number of hydrogen-bond acceptors (Lipinski definition) is 1. The monoisotopic (exact) mass is 317 g/mol. The summed E-state index contributed by atoms with van der Waals surface area (Å²) >= 11 is 3.46. The Balaban J connectivity index is 2.23. The van der Waals surface area contributed by atoms with Crippen molar-refractivity contribution in [3.8, 4) is 0 Å². The molecular weight excluding hydrogens is 302 g/mol. The number of anilines is 1. The Hall–Kier alpha value is -1.61. The van der Waals surface area contributed by atoms with Gasteiger partial charge >= 0.3 is 0 Å². The van der Waals surface area contributed by atoms with Crippen molar-refractivity contribution in [3.05, 3.63) is 63.1 Å². The van der Waals surface area contributed by atoms with Gasteiger partial charge in [-0.3, -0.25) is 4.79 Å². The maximum Gasteiger partial charge on any atom is 0.255 e. The molecule has 0 spiro atoms. The highest BCUT2D eigenvalue weighted by Crippen LogP contribution is 2.24. The number of halogens is 1. The van der Waals surface area contributed by atoms with Crippen molar-refractivity contribution in [2.45, 2.75) is 20.8 Å². The van der Waals surface area contributed by atoms with Crippen LogP contribution in [0.5, 0.6) is 0 Å². The molecule has 3 heteroatoms. The lowest BCUT2D eigenvalue weighted by Gasteiger charge is -2.09. The van der Waals surface area contributed by atoms with E-state index in [0.29, 0.717) is 5.56 Å². The number of aryl methyl sites for hydroxylation is 3. The highest BCUT2D eigenvalue weighted by Gasteiger charge is 2.09. The van der Waals surface area contributed by atoms with Crippen LogP contribution in [0, 0.1) is 20.8 Å². The van der Waals surface area contributed by atoms with Gasteiger partial charge < -0.3 is 5.32 Å². The third-order valence-corrected chi connectivity index (χ3v) is 3.80. The molecule has 0 aliphatic heterocycles. The molecule has 0 radical (unpaired) electrons. The SMILES string of the molecule is Cc1ccc(NC(=O)c2ccc(C)c(C)c2)c(Br)c1. The number of carbonyl (C=O) groups excluding carboxylic acids is 1. The van der Waals surface area contributed by atoms with Gasteiger partial charge in [0.2, 0.25) is 0 Å². The Morgan fingerprint density at radius 1 is 1.00 bits per heavy atom. The van der Waals surface area contributed by atoms with E-state index in [1.54, 1.807) is 0 Å². The van der Waals surface area contributed by atoms with E-state index >= 15 is 0 Å². The van der Waals surface area contributed by atoms with Crippen LogP contribution in [0.4, 0.5) is 5.69 Å². The first-order valence-corrected chi connectivity index (χ1v) is 6.91. The van der Waals surface area contributed by atoms with Crippen molar-refractivity contribution in [1.82, 2.24) is 0 Å². The fourth-order valence-corrected chi connectivity index (χ4v) is 2.39. The van der Waals surface area contributed by atoms with E-state index in [2.05, 4.69) is 21.2 Å². The third-order valence-electron chi connectivity index (χ3n) is 3.14. The molecule has 98 valence electrons. The van der Waals surface area contributed by atoms with Gasteiger partial charge in [-0.1, -0.05) is 12.1 Å². The molecule has 0 saturated heterocycles. The van der Waals surface area contributed by atoms with Crippen molar-refractivity contribution in [3.63, 3.8) is 0 Å². The molecule has 1 N–H and O–H groups in total. The Labute approximate surface area is 122 Å². The number of carbonyl (C=O) groups is 1. The van der Waals surface area contributed by atoms with E-state index in [-0.39, 0.29) is 5.91 Å². The zero-order chi connectivity index (χ0) is 14.0. The fraction of sp³-hybridized carbons (Fsp3) is 0.188. The summed E-state index contributed by atoms with van der Waals surface area (Å²) in [7, 11) is 0. The van der Waals surface area contributed by atoms with Gasteiger partial charge in [0.05, 0.1) is 5.69 Å². The molecule has 0 bridgehead atoms. The molecule has 0 aliphatic rings. The molecule has 19 heavy (non-hydrogen) atoms. The lowest BCUT2D eigenvalue weighted by molar-refractivity contribution is 0.102. The molecule has 0 unspecified atom stereocenters. The van der Waals surface area contributed by atoms with Crippen molar-refractivity contribution in [2.75, 3.05) is 5.32 Å². The van der Waals surface area contributed by atoms with Crippen LogP contribution in [0.25, 0.3) is 0 Å². The summed E-state index contributed by atoms with van der Waals surface area (Å²) in [5.74, 6) is -0.0901. The summed E-state index contributed by atoms with van der Waals surface area (Å²) in [4.78, 5) is 12.2. The minimum atomic E-state index is -0.0901. The molecule has 0 heterocycles. The van der Waals surface area contributed by atoms with Gasteiger partial charge in [0.25, 0.3) is 5.91 Å². The maximum absolute atomic E-state index is 12.2. The summed E-state index contributed by atoms with van der Waals surface area (Å²) < 4.78 is 0.893. The van der Waals surface area contributed by atoms with E-state index < -0.39 is 0 Å². The van der Waals surface area contributed by atoms with Crippen LogP contribution in [0.15, 0.2) is 40.9 Å². The summed E-state index contributed by atoms with van der Waals surface area (Å²) in [5, 5.41) is 2.91. The van der Waals surface area contributed by atoms with Crippen LogP contribution in [0.2, 0.25) is 0 Å². The van der Waals surface area contributed by atoms with E-state index in [1.165, 1.54) is 5.56 Å². The van der Waals surface area contributed by atoms with Crippen LogP contribution in [-0.4, -0.2) is 5.91 Å². The highest BCUT2D eigenvalue weighted by molar-refractivity contribution is 9.10. The summed E-state index contributed by atoms with van der Waals surface area (Å²) in [5.41, 5.74) is 4.92. The molecular formula is C16H16BrNO. The first-order valence-electron chi connectivity index (χ1n) is 6.12. The average molecular weight is 318 g/mol. The molecule has 2 aromatic carbocycles. The van der Waals surface area contributed by atoms with E-state index in [4.69, 9.17) is 0 Å². The molecule has 0 aliphatic carbocycles. The first-order chi connectivity index (χ1) is 8.97. The molecule has 0 saturated carbocycles. The average Bonchev–Trinajstić information content (AvgIpc) is 2.36. The van der Waals surface area contributed by atoms with E-state index in [1.807, 2.05) is 57.2 Å². The second-order valence-electron chi connectivity index (χ2n) is 4.74. The second-order valence-corrected chi connectivity index (χ2v) is 5.59. The van der Waals surface area contributed by atoms with Gasteiger partial charge in [0, 0.05) is 10.0 Å².